The molecule has 0 aromatic rings. The Labute approximate surface area is 195 Å². The van der Waals surface area contributed by atoms with Gasteiger partial charge in [0.1, 0.15) is 5.60 Å². The second-order valence-electron chi connectivity index (χ2n) is 12.2. The van der Waals surface area contributed by atoms with E-state index in [0.29, 0.717) is 19.3 Å². The summed E-state index contributed by atoms with van der Waals surface area (Å²) in [7, 11) is 0. The Morgan fingerprint density at radius 2 is 1.84 bits per heavy atom. The molecule has 0 bridgehead atoms. The lowest BCUT2D eigenvalue weighted by Gasteiger charge is -2.60. The van der Waals surface area contributed by atoms with Gasteiger partial charge in [-0.3, -0.25) is 14.4 Å². The Balaban J connectivity index is 1.59. The van der Waals surface area contributed by atoms with E-state index in [0.717, 1.165) is 37.4 Å². The molecule has 0 heterocycles. The molecular formula is C26H38O5S. The molecule has 0 saturated heterocycles. The fourth-order valence-corrected chi connectivity index (χ4v) is 8.55. The Kier molecular flexibility index (Phi) is 5.87. The predicted molar refractivity (Wildman–Crippen MR) is 125 cm³/mol. The van der Waals surface area contributed by atoms with E-state index < -0.39 is 22.5 Å². The first-order valence-electron chi connectivity index (χ1n) is 12.1. The molecule has 4 aliphatic carbocycles. The number of carbonyl (C=O) groups excluding carboxylic acids is 3. The van der Waals surface area contributed by atoms with E-state index in [1.807, 2.05) is 33.8 Å². The maximum absolute atomic E-state index is 13.3. The Hall–Kier alpha value is -0.980. The van der Waals surface area contributed by atoms with E-state index in [1.54, 1.807) is 0 Å². The zero-order valence-corrected chi connectivity index (χ0v) is 20.9. The van der Waals surface area contributed by atoms with Gasteiger partial charge < -0.3 is 10.2 Å². The van der Waals surface area contributed by atoms with Gasteiger partial charge in [0.05, 0.1) is 11.9 Å². The molecule has 32 heavy (non-hydrogen) atoms. The summed E-state index contributed by atoms with van der Waals surface area (Å²) in [5.41, 5.74) is -1.74. The second kappa shape index (κ2) is 7.78. The number of aliphatic hydroxyl groups is 2. The summed E-state index contributed by atoms with van der Waals surface area (Å²) < 4.78 is 0. The Morgan fingerprint density at radius 3 is 2.50 bits per heavy atom. The van der Waals surface area contributed by atoms with E-state index in [2.05, 4.69) is 6.92 Å². The first kappa shape index (κ1) is 24.2. The lowest BCUT2D eigenvalue weighted by Crippen LogP contribution is -2.62. The molecule has 4 aliphatic rings. The van der Waals surface area contributed by atoms with Crippen LogP contribution >= 0.6 is 11.8 Å². The van der Waals surface area contributed by atoms with Gasteiger partial charge in [0.2, 0.25) is 0 Å². The molecule has 0 aliphatic heterocycles. The topological polar surface area (TPSA) is 91.7 Å². The van der Waals surface area contributed by atoms with Crippen molar-refractivity contribution in [1.29, 1.82) is 0 Å². The van der Waals surface area contributed by atoms with Crippen LogP contribution in [0.2, 0.25) is 0 Å². The maximum Gasteiger partial charge on any atom is 0.194 e. The third kappa shape index (κ3) is 3.47. The Bertz CT molecular complexity index is 872. The summed E-state index contributed by atoms with van der Waals surface area (Å²) in [6.07, 6.45) is 5.78. The maximum atomic E-state index is 13.3. The normalized spacial score (nSPS) is 43.7. The van der Waals surface area contributed by atoms with Crippen LogP contribution in [0, 0.1) is 34.0 Å². The number of fused-ring (bicyclic) bond motifs is 5. The number of ketones is 2. The number of rotatable bonds is 3. The van der Waals surface area contributed by atoms with Crippen LogP contribution in [0.3, 0.4) is 0 Å². The number of allylic oxidation sites excluding steroid dienone is 1. The highest BCUT2D eigenvalue weighted by Gasteiger charge is 2.68. The van der Waals surface area contributed by atoms with Crippen molar-refractivity contribution in [3.63, 3.8) is 0 Å². The van der Waals surface area contributed by atoms with Crippen LogP contribution in [-0.2, 0) is 14.4 Å². The fourth-order valence-electron chi connectivity index (χ4n) is 7.62. The summed E-state index contributed by atoms with van der Waals surface area (Å²) in [6.45, 7) is 9.68. The highest BCUT2D eigenvalue weighted by molar-refractivity contribution is 8.14. The smallest absolute Gasteiger partial charge is 0.194 e. The number of thioether (sulfide) groups is 1. The van der Waals surface area contributed by atoms with Crippen LogP contribution < -0.4 is 0 Å². The van der Waals surface area contributed by atoms with Gasteiger partial charge in [-0.1, -0.05) is 52.0 Å². The van der Waals surface area contributed by atoms with Gasteiger partial charge in [-0.05, 0) is 67.8 Å². The highest BCUT2D eigenvalue weighted by atomic mass is 32.2. The van der Waals surface area contributed by atoms with Crippen molar-refractivity contribution >= 4 is 28.4 Å². The average Bonchev–Trinajstić information content (AvgIpc) is 2.97. The van der Waals surface area contributed by atoms with Gasteiger partial charge in [-0.2, -0.15) is 0 Å². The molecule has 3 unspecified atom stereocenters. The first-order valence-corrected chi connectivity index (χ1v) is 13.1. The summed E-state index contributed by atoms with van der Waals surface area (Å²) in [6, 6.07) is 0. The van der Waals surface area contributed by atoms with Crippen LogP contribution in [0.25, 0.3) is 0 Å². The van der Waals surface area contributed by atoms with E-state index in [4.69, 9.17) is 0 Å². The van der Waals surface area contributed by atoms with Gasteiger partial charge in [-0.15, -0.1) is 0 Å². The molecule has 178 valence electrons. The SMILES string of the molecule is CC(C)(C)C(=O)SCC(=O)[C@@]1(O)CCC2C3CCC4=CC(=O)CC[C@]4(C)C3[C@@H](O)C[C@@]21C. The second-order valence-corrected chi connectivity index (χ2v) is 13.2. The average molecular weight is 463 g/mol. The van der Waals surface area contributed by atoms with Crippen LogP contribution in [0.1, 0.15) is 79.6 Å². The molecule has 0 spiro atoms. The molecular weight excluding hydrogens is 424 g/mol. The highest BCUT2D eigenvalue weighted by Crippen LogP contribution is 2.67. The van der Waals surface area contributed by atoms with Crippen molar-refractivity contribution < 1.29 is 24.6 Å². The molecule has 4 rings (SSSR count). The van der Waals surface area contributed by atoms with Gasteiger partial charge >= 0.3 is 0 Å². The first-order chi connectivity index (χ1) is 14.7. The zero-order chi connectivity index (χ0) is 23.7. The standard InChI is InChI=1S/C26H38O5S/c1-23(2,3)22(30)32-14-20(29)26(31)11-9-18-17-7-6-15-12-16(27)8-10-24(15,4)21(17)19(28)13-25(18,26)5/h12,17-19,21,28,31H,6-11,13-14H2,1-5H3/t17?,18?,19-,21?,24-,25-,26-/m0/s1. The molecule has 0 radical (unpaired) electrons. The van der Waals surface area contributed by atoms with Crippen LogP contribution in [0.5, 0.6) is 0 Å². The van der Waals surface area contributed by atoms with Crippen LogP contribution in [0.15, 0.2) is 11.6 Å². The summed E-state index contributed by atoms with van der Waals surface area (Å²) in [5.74, 6) is 0.332. The molecule has 6 heteroatoms. The fraction of sp³-hybridized carbons (Fsp3) is 0.808. The van der Waals surface area contributed by atoms with E-state index in [1.165, 1.54) is 5.57 Å². The minimum absolute atomic E-state index is 0.0220. The van der Waals surface area contributed by atoms with Crippen LogP contribution in [-0.4, -0.2) is 44.4 Å². The van der Waals surface area contributed by atoms with E-state index in [9.17, 15) is 24.6 Å². The molecule has 0 aromatic heterocycles. The van der Waals surface area contributed by atoms with Gasteiger partial charge in [0, 0.05) is 17.3 Å². The minimum atomic E-state index is -1.51. The molecule has 0 amide bonds. The van der Waals surface area contributed by atoms with Gasteiger partial charge in [-0.25, -0.2) is 0 Å². The van der Waals surface area contributed by atoms with Gasteiger partial charge in [0.25, 0.3) is 0 Å². The van der Waals surface area contributed by atoms with Crippen molar-refractivity contribution in [2.45, 2.75) is 91.3 Å². The molecule has 0 aromatic carbocycles. The minimum Gasteiger partial charge on any atom is -0.393 e. The monoisotopic (exact) mass is 462 g/mol. The van der Waals surface area contributed by atoms with Crippen molar-refractivity contribution in [2.24, 2.45) is 34.0 Å². The molecule has 2 N–H and O–H groups in total. The number of Topliss-reactive ketones (excluding diaryl/α,β-unsaturated/α-hetero) is 1. The number of carbonyl (C=O) groups is 3. The van der Waals surface area contributed by atoms with Crippen molar-refractivity contribution in [3.8, 4) is 0 Å². The largest absolute Gasteiger partial charge is 0.393 e. The summed E-state index contributed by atoms with van der Waals surface area (Å²) in [4.78, 5) is 37.7. The third-order valence-corrected chi connectivity index (χ3v) is 10.7. The number of hydrogen-bond donors (Lipinski definition) is 2. The molecule has 3 saturated carbocycles. The lowest BCUT2D eigenvalue weighted by molar-refractivity contribution is -0.178. The predicted octanol–water partition coefficient (Wildman–Crippen LogP) is 4.10. The Morgan fingerprint density at radius 1 is 1.16 bits per heavy atom. The number of hydrogen-bond acceptors (Lipinski definition) is 6. The lowest BCUT2D eigenvalue weighted by atomic mass is 9.45. The molecule has 5 nitrogen and oxygen atoms in total. The van der Waals surface area contributed by atoms with E-state index in [-0.39, 0.29) is 45.6 Å². The summed E-state index contributed by atoms with van der Waals surface area (Å²) in [5, 5.41) is 23.1. The summed E-state index contributed by atoms with van der Waals surface area (Å²) >= 11 is 1.00. The zero-order valence-electron chi connectivity index (χ0n) is 20.1. The van der Waals surface area contributed by atoms with Crippen molar-refractivity contribution in [1.82, 2.24) is 0 Å². The van der Waals surface area contributed by atoms with Crippen molar-refractivity contribution in [3.05, 3.63) is 11.6 Å². The molecule has 7 atom stereocenters. The quantitative estimate of drug-likeness (QED) is 0.656. The molecule has 3 fully saturated rings. The van der Waals surface area contributed by atoms with E-state index >= 15 is 0 Å². The van der Waals surface area contributed by atoms with Gasteiger partial charge in [0.15, 0.2) is 16.7 Å². The number of aliphatic hydroxyl groups excluding tert-OH is 1. The third-order valence-electron chi connectivity index (χ3n) is 9.46. The van der Waals surface area contributed by atoms with Crippen molar-refractivity contribution in [2.75, 3.05) is 5.75 Å². The van der Waals surface area contributed by atoms with Crippen LogP contribution in [0.4, 0.5) is 0 Å².